The van der Waals surface area contributed by atoms with Gasteiger partial charge in [0.15, 0.2) is 0 Å². The smallest absolute Gasteiger partial charge is 0.251 e. The third kappa shape index (κ3) is 4.53. The molecule has 3 N–H and O–H groups in total. The van der Waals surface area contributed by atoms with Gasteiger partial charge >= 0.3 is 0 Å². The van der Waals surface area contributed by atoms with E-state index in [0.717, 1.165) is 35.7 Å². The molecule has 21 heavy (non-hydrogen) atoms. The molecule has 2 aromatic heterocycles. The van der Waals surface area contributed by atoms with E-state index in [4.69, 9.17) is 5.73 Å². The Kier molecular flexibility index (Phi) is 5.27. The maximum absolute atomic E-state index is 12.1. The van der Waals surface area contributed by atoms with Gasteiger partial charge in [-0.1, -0.05) is 13.3 Å². The number of rotatable bonds is 6. The van der Waals surface area contributed by atoms with Gasteiger partial charge in [-0.05, 0) is 25.5 Å². The van der Waals surface area contributed by atoms with Crippen LogP contribution in [0.1, 0.15) is 40.1 Å². The number of thiazole rings is 1. The number of nitrogen functional groups attached to an aromatic ring is 1. The molecule has 0 aliphatic heterocycles. The van der Waals surface area contributed by atoms with Crippen LogP contribution >= 0.6 is 11.3 Å². The fraction of sp³-hybridized carbons (Fsp3) is 0.400. The molecule has 0 saturated carbocycles. The van der Waals surface area contributed by atoms with Gasteiger partial charge in [0, 0.05) is 35.3 Å². The van der Waals surface area contributed by atoms with E-state index >= 15 is 0 Å². The average molecular weight is 304 g/mol. The molecule has 0 atom stereocenters. The van der Waals surface area contributed by atoms with Crippen molar-refractivity contribution in [1.29, 1.82) is 0 Å². The number of hydrogen-bond donors (Lipinski definition) is 2. The molecule has 0 aliphatic carbocycles. The van der Waals surface area contributed by atoms with Crippen LogP contribution in [0.5, 0.6) is 0 Å². The molecule has 1 amide bonds. The Bertz CT molecular complexity index is 624. The van der Waals surface area contributed by atoms with E-state index in [1.165, 1.54) is 0 Å². The molecule has 0 bridgehead atoms. The number of nitrogens with one attached hydrogen (secondary N) is 1. The third-order valence-corrected chi connectivity index (χ3v) is 3.98. The summed E-state index contributed by atoms with van der Waals surface area (Å²) in [6.07, 6.45) is 2.54. The number of amides is 1. The minimum Gasteiger partial charge on any atom is -0.384 e. The van der Waals surface area contributed by atoms with Crippen LogP contribution in [0.2, 0.25) is 0 Å². The van der Waals surface area contributed by atoms with Gasteiger partial charge in [0.25, 0.3) is 5.91 Å². The van der Waals surface area contributed by atoms with Crippen LogP contribution in [0, 0.1) is 6.92 Å². The first kappa shape index (κ1) is 15.4. The van der Waals surface area contributed by atoms with Gasteiger partial charge in [0.2, 0.25) is 0 Å². The van der Waals surface area contributed by atoms with Gasteiger partial charge < -0.3 is 11.1 Å². The van der Waals surface area contributed by atoms with Crippen LogP contribution < -0.4 is 11.1 Å². The van der Waals surface area contributed by atoms with Crippen LogP contribution in [-0.2, 0) is 12.8 Å². The van der Waals surface area contributed by atoms with Crippen molar-refractivity contribution in [1.82, 2.24) is 15.3 Å². The zero-order chi connectivity index (χ0) is 15.2. The first-order valence-electron chi connectivity index (χ1n) is 7.04. The Hall–Kier alpha value is -1.95. The zero-order valence-electron chi connectivity index (χ0n) is 12.3. The summed E-state index contributed by atoms with van der Waals surface area (Å²) in [4.78, 5) is 20.7. The van der Waals surface area contributed by atoms with E-state index in [2.05, 4.69) is 22.2 Å². The van der Waals surface area contributed by atoms with Crippen molar-refractivity contribution in [3.05, 3.63) is 39.5 Å². The lowest BCUT2D eigenvalue weighted by molar-refractivity contribution is 0.0954. The van der Waals surface area contributed by atoms with E-state index in [-0.39, 0.29) is 5.91 Å². The molecule has 0 saturated heterocycles. The Morgan fingerprint density at radius 2 is 2.14 bits per heavy atom. The second-order valence-corrected chi connectivity index (χ2v) is 5.85. The maximum Gasteiger partial charge on any atom is 0.251 e. The Labute approximate surface area is 128 Å². The molecule has 112 valence electrons. The summed E-state index contributed by atoms with van der Waals surface area (Å²) < 4.78 is 0. The lowest BCUT2D eigenvalue weighted by Crippen LogP contribution is -2.26. The summed E-state index contributed by atoms with van der Waals surface area (Å²) in [5.41, 5.74) is 8.20. The number of aromatic nitrogens is 2. The predicted molar refractivity (Wildman–Crippen MR) is 85.5 cm³/mol. The van der Waals surface area contributed by atoms with E-state index in [0.29, 0.717) is 17.9 Å². The quantitative estimate of drug-likeness (QED) is 0.858. The van der Waals surface area contributed by atoms with Gasteiger partial charge in [0.05, 0.1) is 5.01 Å². The Balaban J connectivity index is 1.93. The van der Waals surface area contributed by atoms with Gasteiger partial charge in [-0.3, -0.25) is 4.79 Å². The van der Waals surface area contributed by atoms with Gasteiger partial charge in [0.1, 0.15) is 5.82 Å². The summed E-state index contributed by atoms with van der Waals surface area (Å²) in [6, 6.07) is 3.42. The largest absolute Gasteiger partial charge is 0.384 e. The van der Waals surface area contributed by atoms with Gasteiger partial charge in [-0.25, -0.2) is 9.97 Å². The summed E-state index contributed by atoms with van der Waals surface area (Å²) in [7, 11) is 0. The minimum absolute atomic E-state index is 0.116. The van der Waals surface area contributed by atoms with E-state index in [1.54, 1.807) is 17.4 Å². The lowest BCUT2D eigenvalue weighted by Gasteiger charge is -2.07. The SMILES string of the molecule is CCCc1cc(C(=O)NCCc2nc(C)cs2)cc(N)n1. The highest BCUT2D eigenvalue weighted by Gasteiger charge is 2.09. The number of nitrogens with zero attached hydrogens (tertiary/aromatic N) is 2. The highest BCUT2D eigenvalue weighted by Crippen LogP contribution is 2.11. The van der Waals surface area contributed by atoms with Crippen molar-refractivity contribution >= 4 is 23.1 Å². The molecular weight excluding hydrogens is 284 g/mol. The van der Waals surface area contributed by atoms with Crippen LogP contribution in [0.25, 0.3) is 0 Å². The fourth-order valence-electron chi connectivity index (χ4n) is 2.03. The Morgan fingerprint density at radius 3 is 2.81 bits per heavy atom. The number of aryl methyl sites for hydroxylation is 2. The first-order valence-corrected chi connectivity index (χ1v) is 7.92. The number of carbonyl (C=O) groups is 1. The number of carbonyl (C=O) groups excluding carboxylic acids is 1. The molecule has 0 unspecified atom stereocenters. The minimum atomic E-state index is -0.116. The summed E-state index contributed by atoms with van der Waals surface area (Å²) in [6.45, 7) is 4.60. The second-order valence-electron chi connectivity index (χ2n) is 4.91. The van der Waals surface area contributed by atoms with Crippen LogP contribution in [-0.4, -0.2) is 22.4 Å². The molecule has 0 radical (unpaired) electrons. The second kappa shape index (κ2) is 7.17. The van der Waals surface area contributed by atoms with Crippen LogP contribution in [0.3, 0.4) is 0 Å². The van der Waals surface area contributed by atoms with Gasteiger partial charge in [-0.2, -0.15) is 0 Å². The predicted octanol–water partition coefficient (Wildman–Crippen LogP) is 2.35. The number of hydrogen-bond acceptors (Lipinski definition) is 5. The molecule has 0 spiro atoms. The monoisotopic (exact) mass is 304 g/mol. The topological polar surface area (TPSA) is 80.9 Å². The van der Waals surface area contributed by atoms with Crippen LogP contribution in [0.15, 0.2) is 17.5 Å². The molecule has 2 rings (SSSR count). The highest BCUT2D eigenvalue weighted by molar-refractivity contribution is 7.09. The number of pyridine rings is 1. The summed E-state index contributed by atoms with van der Waals surface area (Å²) in [5.74, 6) is 0.274. The molecule has 2 aromatic rings. The van der Waals surface area contributed by atoms with E-state index < -0.39 is 0 Å². The van der Waals surface area contributed by atoms with Crippen molar-refractivity contribution in [2.45, 2.75) is 33.1 Å². The fourth-order valence-corrected chi connectivity index (χ4v) is 2.80. The summed E-state index contributed by atoms with van der Waals surface area (Å²) >= 11 is 1.62. The van der Waals surface area contributed by atoms with E-state index in [9.17, 15) is 4.79 Å². The van der Waals surface area contributed by atoms with Crippen molar-refractivity contribution in [2.24, 2.45) is 0 Å². The molecule has 0 aromatic carbocycles. The molecule has 6 heteroatoms. The van der Waals surface area contributed by atoms with Crippen LogP contribution in [0.4, 0.5) is 5.82 Å². The van der Waals surface area contributed by atoms with Crippen molar-refractivity contribution in [3.63, 3.8) is 0 Å². The number of nitrogens with two attached hydrogens (primary N) is 1. The molecule has 5 nitrogen and oxygen atoms in total. The molecule has 0 fully saturated rings. The third-order valence-electron chi connectivity index (χ3n) is 2.96. The van der Waals surface area contributed by atoms with Crippen molar-refractivity contribution < 1.29 is 4.79 Å². The highest BCUT2D eigenvalue weighted by atomic mass is 32.1. The number of anilines is 1. The molecular formula is C15H20N4OS. The maximum atomic E-state index is 12.1. The lowest BCUT2D eigenvalue weighted by atomic mass is 10.1. The standard InChI is InChI=1S/C15H20N4OS/c1-3-4-12-7-11(8-13(16)19-12)15(20)17-6-5-14-18-10(2)9-21-14/h7-9H,3-6H2,1-2H3,(H2,16,19)(H,17,20). The van der Waals surface area contributed by atoms with Crippen molar-refractivity contribution in [3.8, 4) is 0 Å². The van der Waals surface area contributed by atoms with Crippen molar-refractivity contribution in [2.75, 3.05) is 12.3 Å². The zero-order valence-corrected chi connectivity index (χ0v) is 13.2. The Morgan fingerprint density at radius 1 is 1.33 bits per heavy atom. The average Bonchev–Trinajstić information content (AvgIpc) is 2.84. The molecule has 2 heterocycles. The van der Waals surface area contributed by atoms with Gasteiger partial charge in [-0.15, -0.1) is 11.3 Å². The first-order chi connectivity index (χ1) is 10.1. The molecule has 0 aliphatic rings. The normalized spacial score (nSPS) is 10.6. The summed E-state index contributed by atoms with van der Waals surface area (Å²) in [5, 5.41) is 5.95. The van der Waals surface area contributed by atoms with E-state index in [1.807, 2.05) is 18.4 Å².